The van der Waals surface area contributed by atoms with E-state index in [2.05, 4.69) is 9.97 Å². The number of aromatic nitrogens is 2. The van der Waals surface area contributed by atoms with Crippen LogP contribution in [0.5, 0.6) is 11.5 Å². The van der Waals surface area contributed by atoms with Crippen LogP contribution in [0.3, 0.4) is 0 Å². The Balaban J connectivity index is 1.85. The van der Waals surface area contributed by atoms with Gasteiger partial charge in [0.05, 0.1) is 29.7 Å². The van der Waals surface area contributed by atoms with Gasteiger partial charge in [-0.15, -0.1) is 0 Å². The van der Waals surface area contributed by atoms with Crippen LogP contribution in [0.15, 0.2) is 54.9 Å². The standard InChI is InChI=1S/C16H14N2O2/c1-11(19)15-7-6-13(9-17-15)20-14-8-12-4-2-3-5-16(12)18-10-14/h2-11,19H,1H3/t11-/m1/s1. The number of pyridine rings is 2. The Labute approximate surface area is 116 Å². The molecule has 0 aliphatic heterocycles. The maximum atomic E-state index is 9.41. The molecule has 2 aromatic heterocycles. The molecule has 4 heteroatoms. The number of ether oxygens (including phenoxy) is 1. The van der Waals surface area contributed by atoms with E-state index in [1.165, 1.54) is 0 Å². The molecular formula is C16H14N2O2. The van der Waals surface area contributed by atoms with Crippen LogP contribution < -0.4 is 4.74 Å². The van der Waals surface area contributed by atoms with Crippen LogP contribution in [-0.4, -0.2) is 15.1 Å². The smallest absolute Gasteiger partial charge is 0.146 e. The molecule has 0 saturated carbocycles. The van der Waals surface area contributed by atoms with Gasteiger partial charge in [0.15, 0.2) is 0 Å². The van der Waals surface area contributed by atoms with Gasteiger partial charge < -0.3 is 9.84 Å². The highest BCUT2D eigenvalue weighted by Crippen LogP contribution is 2.24. The maximum absolute atomic E-state index is 9.41. The average Bonchev–Trinajstić information content (AvgIpc) is 2.48. The normalized spacial score (nSPS) is 12.3. The monoisotopic (exact) mass is 266 g/mol. The Morgan fingerprint density at radius 3 is 2.55 bits per heavy atom. The van der Waals surface area contributed by atoms with E-state index in [1.807, 2.05) is 30.3 Å². The second-order valence-electron chi connectivity index (χ2n) is 4.56. The molecule has 0 fully saturated rings. The fourth-order valence-corrected chi connectivity index (χ4v) is 1.94. The third-order valence-corrected chi connectivity index (χ3v) is 2.99. The van der Waals surface area contributed by atoms with E-state index in [0.29, 0.717) is 17.2 Å². The minimum Gasteiger partial charge on any atom is -0.454 e. The lowest BCUT2D eigenvalue weighted by atomic mass is 10.2. The third kappa shape index (κ3) is 2.60. The van der Waals surface area contributed by atoms with E-state index >= 15 is 0 Å². The summed E-state index contributed by atoms with van der Waals surface area (Å²) in [7, 11) is 0. The molecule has 0 bridgehead atoms. The predicted molar refractivity (Wildman–Crippen MR) is 76.7 cm³/mol. The average molecular weight is 266 g/mol. The summed E-state index contributed by atoms with van der Waals surface area (Å²) < 4.78 is 5.71. The van der Waals surface area contributed by atoms with Crippen molar-refractivity contribution in [1.29, 1.82) is 0 Å². The molecule has 3 aromatic rings. The fraction of sp³-hybridized carbons (Fsp3) is 0.125. The summed E-state index contributed by atoms with van der Waals surface area (Å²) in [6.45, 7) is 1.68. The maximum Gasteiger partial charge on any atom is 0.146 e. The lowest BCUT2D eigenvalue weighted by Crippen LogP contribution is -1.95. The number of nitrogens with zero attached hydrogens (tertiary/aromatic N) is 2. The second kappa shape index (κ2) is 5.27. The highest BCUT2D eigenvalue weighted by atomic mass is 16.5. The lowest BCUT2D eigenvalue weighted by molar-refractivity contribution is 0.194. The molecule has 0 unspecified atom stereocenters. The van der Waals surface area contributed by atoms with Gasteiger partial charge in [-0.1, -0.05) is 18.2 Å². The van der Waals surface area contributed by atoms with Crippen molar-refractivity contribution in [3.63, 3.8) is 0 Å². The summed E-state index contributed by atoms with van der Waals surface area (Å²) in [5.74, 6) is 1.28. The zero-order valence-corrected chi connectivity index (χ0v) is 11.0. The molecule has 0 saturated heterocycles. The number of fused-ring (bicyclic) bond motifs is 1. The predicted octanol–water partition coefficient (Wildman–Crippen LogP) is 3.48. The SMILES string of the molecule is C[C@@H](O)c1ccc(Oc2cnc3ccccc3c2)cn1. The second-order valence-corrected chi connectivity index (χ2v) is 4.56. The van der Waals surface area contributed by atoms with Crippen molar-refractivity contribution in [3.8, 4) is 11.5 Å². The summed E-state index contributed by atoms with van der Waals surface area (Å²) in [4.78, 5) is 8.48. The highest BCUT2D eigenvalue weighted by molar-refractivity contribution is 5.79. The zero-order chi connectivity index (χ0) is 13.9. The van der Waals surface area contributed by atoms with Gasteiger partial charge in [-0.2, -0.15) is 0 Å². The van der Waals surface area contributed by atoms with Crippen LogP contribution in [0.1, 0.15) is 18.7 Å². The van der Waals surface area contributed by atoms with Crippen molar-refractivity contribution in [3.05, 3.63) is 60.6 Å². The van der Waals surface area contributed by atoms with Crippen LogP contribution in [0.2, 0.25) is 0 Å². The molecule has 2 heterocycles. The number of aliphatic hydroxyl groups is 1. The number of hydrogen-bond acceptors (Lipinski definition) is 4. The number of aliphatic hydroxyl groups excluding tert-OH is 1. The first kappa shape index (κ1) is 12.6. The van der Waals surface area contributed by atoms with Gasteiger partial charge in [0, 0.05) is 5.39 Å². The minimum absolute atomic E-state index is 0.577. The number of rotatable bonds is 3. The first-order valence-electron chi connectivity index (χ1n) is 6.39. The van der Waals surface area contributed by atoms with Crippen molar-refractivity contribution in [1.82, 2.24) is 9.97 Å². The summed E-state index contributed by atoms with van der Waals surface area (Å²) in [5.41, 5.74) is 1.55. The number of benzene rings is 1. The first-order chi connectivity index (χ1) is 9.72. The van der Waals surface area contributed by atoms with E-state index < -0.39 is 6.10 Å². The summed E-state index contributed by atoms with van der Waals surface area (Å²) >= 11 is 0. The third-order valence-electron chi connectivity index (χ3n) is 2.99. The molecular weight excluding hydrogens is 252 g/mol. The van der Waals surface area contributed by atoms with E-state index in [1.54, 1.807) is 31.5 Å². The van der Waals surface area contributed by atoms with Gasteiger partial charge in [0.2, 0.25) is 0 Å². The molecule has 1 atom stereocenters. The topological polar surface area (TPSA) is 55.2 Å². The largest absolute Gasteiger partial charge is 0.454 e. The molecule has 0 radical (unpaired) electrons. The lowest BCUT2D eigenvalue weighted by Gasteiger charge is -2.08. The summed E-state index contributed by atoms with van der Waals surface area (Å²) in [6, 6.07) is 13.3. The Kier molecular flexibility index (Phi) is 3.31. The van der Waals surface area contributed by atoms with Crippen LogP contribution >= 0.6 is 0 Å². The summed E-state index contributed by atoms with van der Waals surface area (Å²) in [5, 5.41) is 10.4. The first-order valence-corrected chi connectivity index (χ1v) is 6.39. The van der Waals surface area contributed by atoms with Gasteiger partial charge in [-0.25, -0.2) is 0 Å². The molecule has 0 amide bonds. The molecule has 0 aliphatic rings. The minimum atomic E-state index is -0.577. The van der Waals surface area contributed by atoms with Crippen molar-refractivity contribution in [2.45, 2.75) is 13.0 Å². The van der Waals surface area contributed by atoms with Crippen molar-refractivity contribution < 1.29 is 9.84 Å². The van der Waals surface area contributed by atoms with Crippen molar-refractivity contribution in [2.24, 2.45) is 0 Å². The molecule has 4 nitrogen and oxygen atoms in total. The molecule has 1 aromatic carbocycles. The van der Waals surface area contributed by atoms with Gasteiger partial charge in [0.1, 0.15) is 11.5 Å². The molecule has 100 valence electrons. The molecule has 0 spiro atoms. The Morgan fingerprint density at radius 2 is 1.80 bits per heavy atom. The van der Waals surface area contributed by atoms with Crippen LogP contribution in [-0.2, 0) is 0 Å². The Hall–Kier alpha value is -2.46. The Morgan fingerprint density at radius 1 is 1.00 bits per heavy atom. The zero-order valence-electron chi connectivity index (χ0n) is 11.0. The molecule has 3 rings (SSSR count). The van der Waals surface area contributed by atoms with Gasteiger partial charge in [0.25, 0.3) is 0 Å². The quantitative estimate of drug-likeness (QED) is 0.788. The van der Waals surface area contributed by atoms with E-state index in [9.17, 15) is 5.11 Å². The highest BCUT2D eigenvalue weighted by Gasteiger charge is 2.04. The van der Waals surface area contributed by atoms with Gasteiger partial charge in [-0.05, 0) is 31.2 Å². The van der Waals surface area contributed by atoms with E-state index in [4.69, 9.17) is 4.74 Å². The van der Waals surface area contributed by atoms with Crippen LogP contribution in [0.4, 0.5) is 0 Å². The van der Waals surface area contributed by atoms with E-state index in [-0.39, 0.29) is 0 Å². The van der Waals surface area contributed by atoms with Crippen LogP contribution in [0, 0.1) is 0 Å². The van der Waals surface area contributed by atoms with Gasteiger partial charge >= 0.3 is 0 Å². The number of para-hydroxylation sites is 1. The van der Waals surface area contributed by atoms with Crippen molar-refractivity contribution >= 4 is 10.9 Å². The summed E-state index contributed by atoms with van der Waals surface area (Å²) in [6.07, 6.45) is 2.70. The van der Waals surface area contributed by atoms with Crippen LogP contribution in [0.25, 0.3) is 10.9 Å². The number of hydrogen-bond donors (Lipinski definition) is 1. The fourth-order valence-electron chi connectivity index (χ4n) is 1.94. The van der Waals surface area contributed by atoms with Gasteiger partial charge in [-0.3, -0.25) is 9.97 Å². The van der Waals surface area contributed by atoms with E-state index in [0.717, 1.165) is 10.9 Å². The molecule has 0 aliphatic carbocycles. The molecule has 1 N–H and O–H groups in total. The van der Waals surface area contributed by atoms with Crippen molar-refractivity contribution in [2.75, 3.05) is 0 Å². The Bertz CT molecular complexity index is 724. The molecule has 20 heavy (non-hydrogen) atoms.